The highest BCUT2D eigenvalue weighted by atomic mass is 16.6. The van der Waals surface area contributed by atoms with E-state index in [1.807, 2.05) is 32.9 Å². The number of carbonyl (C=O) groups excluding carboxylic acids is 1. The molecule has 0 aromatic heterocycles. The molecule has 0 aliphatic rings. The van der Waals surface area contributed by atoms with E-state index in [0.717, 1.165) is 22.8 Å². The third kappa shape index (κ3) is 4.56. The molecule has 26 heavy (non-hydrogen) atoms. The Labute approximate surface area is 150 Å². The summed E-state index contributed by atoms with van der Waals surface area (Å²) in [6, 6.07) is 7.69. The topological polar surface area (TPSA) is 114 Å². The lowest BCUT2D eigenvalue weighted by Gasteiger charge is -2.13. The minimum Gasteiger partial charge on any atom is -0.502 e. The average molecular weight is 357 g/mol. The van der Waals surface area contributed by atoms with Gasteiger partial charge in [0, 0.05) is 11.6 Å². The maximum atomic E-state index is 11.8. The number of hydrazone groups is 1. The molecule has 0 spiro atoms. The maximum Gasteiger partial charge on any atom is 0.311 e. The summed E-state index contributed by atoms with van der Waals surface area (Å²) in [5, 5.41) is 23.9. The van der Waals surface area contributed by atoms with Crippen LogP contribution in [-0.2, 0) is 4.79 Å². The van der Waals surface area contributed by atoms with Crippen LogP contribution in [-0.4, -0.2) is 28.8 Å². The summed E-state index contributed by atoms with van der Waals surface area (Å²) >= 11 is 0. The molecular formula is C18H19N3O5. The molecule has 136 valence electrons. The quantitative estimate of drug-likeness (QED) is 0.469. The van der Waals surface area contributed by atoms with Crippen molar-refractivity contribution in [2.75, 3.05) is 6.61 Å². The van der Waals surface area contributed by atoms with Gasteiger partial charge in [0.25, 0.3) is 5.91 Å². The number of rotatable bonds is 6. The second kappa shape index (κ2) is 8.11. The van der Waals surface area contributed by atoms with Crippen molar-refractivity contribution in [3.63, 3.8) is 0 Å². The van der Waals surface area contributed by atoms with Gasteiger partial charge < -0.3 is 9.84 Å². The van der Waals surface area contributed by atoms with Gasteiger partial charge >= 0.3 is 5.69 Å². The van der Waals surface area contributed by atoms with E-state index in [2.05, 4.69) is 10.5 Å². The van der Waals surface area contributed by atoms with Crippen molar-refractivity contribution in [3.05, 3.63) is 62.7 Å². The van der Waals surface area contributed by atoms with Gasteiger partial charge in [-0.1, -0.05) is 12.1 Å². The van der Waals surface area contributed by atoms with Crippen molar-refractivity contribution >= 4 is 17.8 Å². The van der Waals surface area contributed by atoms with E-state index in [9.17, 15) is 20.0 Å². The van der Waals surface area contributed by atoms with Crippen LogP contribution in [0.25, 0.3) is 0 Å². The van der Waals surface area contributed by atoms with Gasteiger partial charge in [0.15, 0.2) is 12.4 Å². The number of nitro groups is 1. The van der Waals surface area contributed by atoms with Crippen LogP contribution < -0.4 is 10.2 Å². The molecule has 2 N–H and O–H groups in total. The third-order valence-electron chi connectivity index (χ3n) is 3.82. The van der Waals surface area contributed by atoms with Crippen LogP contribution in [0.2, 0.25) is 0 Å². The van der Waals surface area contributed by atoms with Gasteiger partial charge in [-0.05, 0) is 49.6 Å². The van der Waals surface area contributed by atoms with Gasteiger partial charge in [-0.25, -0.2) is 5.43 Å². The molecule has 8 heteroatoms. The van der Waals surface area contributed by atoms with Crippen LogP contribution in [0.5, 0.6) is 11.5 Å². The normalized spacial score (nSPS) is 10.7. The first-order chi connectivity index (χ1) is 12.3. The van der Waals surface area contributed by atoms with Crippen LogP contribution in [0.15, 0.2) is 35.4 Å². The number of phenolic OH excluding ortho intramolecular Hbond substituents is 1. The smallest absolute Gasteiger partial charge is 0.311 e. The number of hydrogen-bond acceptors (Lipinski definition) is 6. The Hall–Kier alpha value is -3.42. The van der Waals surface area contributed by atoms with Gasteiger partial charge in [0.2, 0.25) is 0 Å². The van der Waals surface area contributed by atoms with E-state index in [1.165, 1.54) is 18.3 Å². The number of aryl methyl sites for hydroxylation is 2. The zero-order chi connectivity index (χ0) is 19.3. The summed E-state index contributed by atoms with van der Waals surface area (Å²) < 4.78 is 5.57. The maximum absolute atomic E-state index is 11.8. The van der Waals surface area contributed by atoms with E-state index in [4.69, 9.17) is 4.74 Å². The number of phenols is 1. The number of benzene rings is 2. The fourth-order valence-electron chi connectivity index (χ4n) is 2.26. The average Bonchev–Trinajstić information content (AvgIpc) is 2.59. The Bertz CT molecular complexity index is 877. The second-order valence-corrected chi connectivity index (χ2v) is 5.74. The Balaban J connectivity index is 1.95. The number of aromatic hydroxyl groups is 1. The highest BCUT2D eigenvalue weighted by molar-refractivity contribution is 5.84. The molecule has 2 rings (SSSR count). The molecule has 0 heterocycles. The Morgan fingerprint density at radius 3 is 2.65 bits per heavy atom. The molecule has 0 fully saturated rings. The number of hydrogen-bond donors (Lipinski definition) is 2. The van der Waals surface area contributed by atoms with Crippen LogP contribution >= 0.6 is 0 Å². The van der Waals surface area contributed by atoms with Crippen LogP contribution in [0.4, 0.5) is 5.69 Å². The van der Waals surface area contributed by atoms with E-state index >= 15 is 0 Å². The largest absolute Gasteiger partial charge is 0.502 e. The molecule has 0 saturated heterocycles. The molecule has 2 aromatic rings. The third-order valence-corrected chi connectivity index (χ3v) is 3.82. The first kappa shape index (κ1) is 18.9. The standard InChI is InChI=1S/C18H19N3O5/c1-11-4-5-12(2)18(13(11)3)26-10-17(23)20-19-9-14-6-7-16(22)15(8-14)21(24)25/h4-9,22H,10H2,1-3H3,(H,20,23). The molecular weight excluding hydrogens is 338 g/mol. The van der Waals surface area contributed by atoms with Crippen LogP contribution in [0.3, 0.4) is 0 Å². The molecule has 8 nitrogen and oxygen atoms in total. The highest BCUT2D eigenvalue weighted by Crippen LogP contribution is 2.26. The lowest BCUT2D eigenvalue weighted by atomic mass is 10.1. The van der Waals surface area contributed by atoms with Crippen molar-refractivity contribution in [1.29, 1.82) is 0 Å². The number of nitro benzene ring substituents is 1. The fraction of sp³-hybridized carbons (Fsp3) is 0.222. The van der Waals surface area contributed by atoms with Crippen molar-refractivity contribution in [3.8, 4) is 11.5 Å². The Morgan fingerprint density at radius 2 is 1.96 bits per heavy atom. The minimum atomic E-state index is -0.703. The molecule has 0 saturated carbocycles. The molecule has 0 unspecified atom stereocenters. The number of nitrogens with zero attached hydrogens (tertiary/aromatic N) is 2. The number of amides is 1. The molecule has 0 aliphatic carbocycles. The first-order valence-corrected chi connectivity index (χ1v) is 7.78. The van der Waals surface area contributed by atoms with Crippen molar-refractivity contribution in [2.45, 2.75) is 20.8 Å². The summed E-state index contributed by atoms with van der Waals surface area (Å²) in [5.74, 6) is -0.235. The van der Waals surface area contributed by atoms with Gasteiger partial charge in [-0.2, -0.15) is 5.10 Å². The summed E-state index contributed by atoms with van der Waals surface area (Å²) in [7, 11) is 0. The van der Waals surface area contributed by atoms with Crippen LogP contribution in [0, 0.1) is 30.9 Å². The molecule has 0 atom stereocenters. The Morgan fingerprint density at radius 1 is 1.27 bits per heavy atom. The SMILES string of the molecule is Cc1ccc(C)c(OCC(=O)NN=Cc2ccc(O)c([N+](=O)[O-])c2)c1C. The van der Waals surface area contributed by atoms with E-state index in [1.54, 1.807) is 0 Å². The summed E-state index contributed by atoms with van der Waals surface area (Å²) in [6.07, 6.45) is 1.24. The second-order valence-electron chi connectivity index (χ2n) is 5.74. The van der Waals surface area contributed by atoms with Crippen molar-refractivity contribution in [1.82, 2.24) is 5.43 Å². The highest BCUT2D eigenvalue weighted by Gasteiger charge is 2.13. The van der Waals surface area contributed by atoms with Gasteiger partial charge in [0.05, 0.1) is 11.1 Å². The first-order valence-electron chi connectivity index (χ1n) is 7.78. The van der Waals surface area contributed by atoms with E-state index < -0.39 is 22.3 Å². The molecule has 0 bridgehead atoms. The van der Waals surface area contributed by atoms with E-state index in [0.29, 0.717) is 11.3 Å². The Kier molecular flexibility index (Phi) is 5.90. The molecule has 2 aromatic carbocycles. The molecule has 1 amide bonds. The zero-order valence-corrected chi connectivity index (χ0v) is 14.6. The fourth-order valence-corrected chi connectivity index (χ4v) is 2.26. The monoisotopic (exact) mass is 357 g/mol. The predicted octanol–water partition coefficient (Wildman–Crippen LogP) is 2.75. The van der Waals surface area contributed by atoms with Gasteiger partial charge in [-0.15, -0.1) is 0 Å². The number of nitrogens with one attached hydrogen (secondary N) is 1. The summed E-state index contributed by atoms with van der Waals surface area (Å²) in [4.78, 5) is 21.9. The van der Waals surface area contributed by atoms with Crippen molar-refractivity contribution < 1.29 is 19.6 Å². The number of ether oxygens (including phenoxy) is 1. The van der Waals surface area contributed by atoms with Crippen LogP contribution in [0.1, 0.15) is 22.3 Å². The lowest BCUT2D eigenvalue weighted by Crippen LogP contribution is -2.25. The predicted molar refractivity (Wildman–Crippen MR) is 96.6 cm³/mol. The summed E-state index contributed by atoms with van der Waals surface area (Å²) in [5.41, 5.74) is 5.19. The molecule has 0 aliphatic heterocycles. The van der Waals surface area contributed by atoms with Crippen molar-refractivity contribution in [2.24, 2.45) is 5.10 Å². The zero-order valence-electron chi connectivity index (χ0n) is 14.6. The minimum absolute atomic E-state index is 0.210. The van der Waals surface area contributed by atoms with E-state index in [-0.39, 0.29) is 6.61 Å². The lowest BCUT2D eigenvalue weighted by molar-refractivity contribution is -0.385. The van der Waals surface area contributed by atoms with Gasteiger partial charge in [-0.3, -0.25) is 14.9 Å². The molecule has 0 radical (unpaired) electrons. The van der Waals surface area contributed by atoms with Gasteiger partial charge in [0.1, 0.15) is 5.75 Å². The summed E-state index contributed by atoms with van der Waals surface area (Å²) in [6.45, 7) is 5.57. The number of carbonyl (C=O) groups is 1.